The van der Waals surface area contributed by atoms with E-state index in [2.05, 4.69) is 26.1 Å². The standard InChI is InChI=1S/C15H29NO2/c1-12(2)4-5-13(3)16-14-6-8-15(9-7-14)17-10-11-18-15/h12-14,16H,4-11H2,1-3H3. The van der Waals surface area contributed by atoms with Crippen molar-refractivity contribution in [2.75, 3.05) is 13.2 Å². The predicted molar refractivity (Wildman–Crippen MR) is 73.6 cm³/mol. The van der Waals surface area contributed by atoms with E-state index in [-0.39, 0.29) is 5.79 Å². The SMILES string of the molecule is CC(C)CCC(C)NC1CCC2(CC1)OCCO2. The summed E-state index contributed by atoms with van der Waals surface area (Å²) in [5, 5.41) is 3.77. The first kappa shape index (κ1) is 14.3. The predicted octanol–water partition coefficient (Wildman–Crippen LogP) is 3.09. The molecule has 1 saturated heterocycles. The van der Waals surface area contributed by atoms with Crippen LogP contribution in [-0.4, -0.2) is 31.1 Å². The quantitative estimate of drug-likeness (QED) is 0.819. The van der Waals surface area contributed by atoms with Gasteiger partial charge in [0.15, 0.2) is 5.79 Å². The van der Waals surface area contributed by atoms with Crippen molar-refractivity contribution < 1.29 is 9.47 Å². The third-order valence-corrected chi connectivity index (χ3v) is 4.26. The van der Waals surface area contributed by atoms with E-state index in [9.17, 15) is 0 Å². The Balaban J connectivity index is 1.66. The van der Waals surface area contributed by atoms with Crippen molar-refractivity contribution in [1.29, 1.82) is 0 Å². The molecule has 0 amide bonds. The Kier molecular flexibility index (Phi) is 5.05. The zero-order valence-electron chi connectivity index (χ0n) is 12.2. The molecule has 3 heteroatoms. The maximum absolute atomic E-state index is 5.76. The van der Waals surface area contributed by atoms with Crippen LogP contribution < -0.4 is 5.32 Å². The average molecular weight is 255 g/mol. The second kappa shape index (κ2) is 6.36. The fraction of sp³-hybridized carbons (Fsp3) is 1.00. The highest BCUT2D eigenvalue weighted by Gasteiger charge is 2.40. The van der Waals surface area contributed by atoms with Crippen LogP contribution in [0.4, 0.5) is 0 Å². The van der Waals surface area contributed by atoms with Crippen LogP contribution in [0.25, 0.3) is 0 Å². The van der Waals surface area contributed by atoms with E-state index in [1.165, 1.54) is 25.7 Å². The van der Waals surface area contributed by atoms with Gasteiger partial charge in [0.1, 0.15) is 0 Å². The first-order valence-electron chi connectivity index (χ1n) is 7.64. The summed E-state index contributed by atoms with van der Waals surface area (Å²) in [5.74, 6) is 0.600. The van der Waals surface area contributed by atoms with Crippen molar-refractivity contribution in [3.05, 3.63) is 0 Å². The molecule has 3 nitrogen and oxygen atoms in total. The van der Waals surface area contributed by atoms with Crippen molar-refractivity contribution in [2.24, 2.45) is 5.92 Å². The fourth-order valence-corrected chi connectivity index (χ4v) is 3.08. The average Bonchev–Trinajstić information content (AvgIpc) is 2.79. The van der Waals surface area contributed by atoms with Gasteiger partial charge in [0.2, 0.25) is 0 Å². The summed E-state index contributed by atoms with van der Waals surface area (Å²) < 4.78 is 11.5. The molecule has 106 valence electrons. The smallest absolute Gasteiger partial charge is 0.168 e. The molecule has 0 aromatic heterocycles. The van der Waals surface area contributed by atoms with E-state index in [4.69, 9.17) is 9.47 Å². The minimum Gasteiger partial charge on any atom is -0.348 e. The lowest BCUT2D eigenvalue weighted by Gasteiger charge is -2.36. The highest BCUT2D eigenvalue weighted by atomic mass is 16.7. The molecule has 1 spiro atoms. The van der Waals surface area contributed by atoms with E-state index in [1.54, 1.807) is 0 Å². The van der Waals surface area contributed by atoms with Crippen LogP contribution in [0.1, 0.15) is 59.3 Å². The molecule has 1 aliphatic heterocycles. The number of hydrogen-bond donors (Lipinski definition) is 1. The van der Waals surface area contributed by atoms with Crippen molar-refractivity contribution in [3.8, 4) is 0 Å². The lowest BCUT2D eigenvalue weighted by molar-refractivity contribution is -0.179. The second-order valence-corrected chi connectivity index (χ2v) is 6.42. The van der Waals surface area contributed by atoms with Gasteiger partial charge in [0.05, 0.1) is 13.2 Å². The van der Waals surface area contributed by atoms with Gasteiger partial charge in [0, 0.05) is 24.9 Å². The molecule has 1 N–H and O–H groups in total. The van der Waals surface area contributed by atoms with E-state index < -0.39 is 0 Å². The summed E-state index contributed by atoms with van der Waals surface area (Å²) in [6.45, 7) is 8.47. The summed E-state index contributed by atoms with van der Waals surface area (Å²) in [6.07, 6.45) is 7.09. The monoisotopic (exact) mass is 255 g/mol. The molecule has 2 fully saturated rings. The van der Waals surface area contributed by atoms with Gasteiger partial charge in [-0.2, -0.15) is 0 Å². The molecule has 1 saturated carbocycles. The van der Waals surface area contributed by atoms with Crippen LogP contribution in [0.15, 0.2) is 0 Å². The van der Waals surface area contributed by atoms with E-state index >= 15 is 0 Å². The normalized spacial score (nSPS) is 26.0. The van der Waals surface area contributed by atoms with Gasteiger partial charge in [-0.3, -0.25) is 0 Å². The zero-order chi connectivity index (χ0) is 13.0. The van der Waals surface area contributed by atoms with Gasteiger partial charge >= 0.3 is 0 Å². The fourth-order valence-electron chi connectivity index (χ4n) is 3.08. The minimum atomic E-state index is -0.209. The number of ether oxygens (including phenoxy) is 2. The Labute approximate surface area is 112 Å². The highest BCUT2D eigenvalue weighted by Crippen LogP contribution is 2.35. The number of rotatable bonds is 5. The molecule has 0 aromatic rings. The Morgan fingerprint density at radius 1 is 1.06 bits per heavy atom. The molecule has 1 aliphatic carbocycles. The Bertz CT molecular complexity index is 239. The number of hydrogen-bond acceptors (Lipinski definition) is 3. The highest BCUT2D eigenvalue weighted by molar-refractivity contribution is 4.86. The molecule has 0 bridgehead atoms. The number of nitrogens with one attached hydrogen (secondary N) is 1. The van der Waals surface area contributed by atoms with Crippen molar-refractivity contribution in [1.82, 2.24) is 5.32 Å². The van der Waals surface area contributed by atoms with Crippen LogP contribution in [-0.2, 0) is 9.47 Å². The van der Waals surface area contributed by atoms with Crippen molar-refractivity contribution in [3.63, 3.8) is 0 Å². The Morgan fingerprint density at radius 2 is 1.67 bits per heavy atom. The lowest BCUT2D eigenvalue weighted by Crippen LogP contribution is -2.44. The topological polar surface area (TPSA) is 30.5 Å². The van der Waals surface area contributed by atoms with E-state index in [1.807, 2.05) is 0 Å². The minimum absolute atomic E-state index is 0.209. The first-order chi connectivity index (χ1) is 8.60. The second-order valence-electron chi connectivity index (χ2n) is 6.42. The van der Waals surface area contributed by atoms with E-state index in [0.717, 1.165) is 32.0 Å². The van der Waals surface area contributed by atoms with Crippen LogP contribution >= 0.6 is 0 Å². The molecule has 1 atom stereocenters. The molecule has 18 heavy (non-hydrogen) atoms. The lowest BCUT2D eigenvalue weighted by atomic mass is 9.89. The molecular formula is C15H29NO2. The molecule has 2 aliphatic rings. The summed E-state index contributed by atoms with van der Waals surface area (Å²) >= 11 is 0. The van der Waals surface area contributed by atoms with Gasteiger partial charge in [-0.05, 0) is 38.5 Å². The van der Waals surface area contributed by atoms with Crippen LogP contribution in [0.3, 0.4) is 0 Å². The summed E-state index contributed by atoms with van der Waals surface area (Å²) in [7, 11) is 0. The molecule has 2 rings (SSSR count). The summed E-state index contributed by atoms with van der Waals surface area (Å²) in [6, 6.07) is 1.29. The van der Waals surface area contributed by atoms with Crippen LogP contribution in [0.2, 0.25) is 0 Å². The summed E-state index contributed by atoms with van der Waals surface area (Å²) in [4.78, 5) is 0. The maximum atomic E-state index is 5.76. The van der Waals surface area contributed by atoms with Gasteiger partial charge in [-0.15, -0.1) is 0 Å². The van der Waals surface area contributed by atoms with Crippen LogP contribution in [0, 0.1) is 5.92 Å². The largest absolute Gasteiger partial charge is 0.348 e. The summed E-state index contributed by atoms with van der Waals surface area (Å²) in [5.41, 5.74) is 0. The van der Waals surface area contributed by atoms with Crippen molar-refractivity contribution in [2.45, 2.75) is 77.2 Å². The van der Waals surface area contributed by atoms with Gasteiger partial charge < -0.3 is 14.8 Å². The molecular weight excluding hydrogens is 226 g/mol. The molecule has 0 aromatic carbocycles. The van der Waals surface area contributed by atoms with Gasteiger partial charge in [-0.25, -0.2) is 0 Å². The van der Waals surface area contributed by atoms with Gasteiger partial charge in [-0.1, -0.05) is 13.8 Å². The Hall–Kier alpha value is -0.120. The Morgan fingerprint density at radius 3 is 2.22 bits per heavy atom. The molecule has 1 heterocycles. The molecule has 1 unspecified atom stereocenters. The van der Waals surface area contributed by atoms with E-state index in [0.29, 0.717) is 12.1 Å². The van der Waals surface area contributed by atoms with Crippen molar-refractivity contribution >= 4 is 0 Å². The zero-order valence-corrected chi connectivity index (χ0v) is 12.2. The third-order valence-electron chi connectivity index (χ3n) is 4.26. The molecule has 0 radical (unpaired) electrons. The van der Waals surface area contributed by atoms with Crippen LogP contribution in [0.5, 0.6) is 0 Å². The first-order valence-corrected chi connectivity index (χ1v) is 7.64. The maximum Gasteiger partial charge on any atom is 0.168 e. The third kappa shape index (κ3) is 3.94. The van der Waals surface area contributed by atoms with Gasteiger partial charge in [0.25, 0.3) is 0 Å².